The minimum Gasteiger partial charge on any atom is -0.393 e. The highest BCUT2D eigenvalue weighted by molar-refractivity contribution is 5.73. The van der Waals surface area contributed by atoms with E-state index >= 15 is 0 Å². The summed E-state index contributed by atoms with van der Waals surface area (Å²) >= 11 is 0. The van der Waals surface area contributed by atoms with Crippen molar-refractivity contribution in [3.8, 4) is 0 Å². The fraction of sp³-hybridized carbons (Fsp3) is 0.917. The minimum atomic E-state index is -0.277. The Morgan fingerprint density at radius 3 is 2.33 bits per heavy atom. The molecule has 3 N–H and O–H groups in total. The van der Waals surface area contributed by atoms with Gasteiger partial charge in [-0.3, -0.25) is 4.79 Å². The average Bonchev–Trinajstić information content (AvgIpc) is 2.01. The summed E-state index contributed by atoms with van der Waals surface area (Å²) in [6.45, 7) is 8.21. The molecule has 0 aliphatic heterocycles. The summed E-state index contributed by atoms with van der Waals surface area (Å²) in [5.41, 5.74) is 5.00. The number of rotatable bonds is 6. The monoisotopic (exact) mass is 215 g/mol. The smallest absolute Gasteiger partial charge is 0.217 e. The number of nitrogens with two attached hydrogens (primary N) is 1. The first-order valence-electron chi connectivity index (χ1n) is 5.70. The molecule has 1 amide bonds. The summed E-state index contributed by atoms with van der Waals surface area (Å²) in [4.78, 5) is 10.5. The molecule has 0 aliphatic rings. The van der Waals surface area contributed by atoms with Crippen molar-refractivity contribution in [3.63, 3.8) is 0 Å². The van der Waals surface area contributed by atoms with Crippen molar-refractivity contribution in [1.82, 2.24) is 0 Å². The molecule has 0 aromatic heterocycles. The SMILES string of the molecule is C[C@@H](CCCC(N)=O)CC(O)C(C)(C)C. The Balaban J connectivity index is 3.74. The Bertz CT molecular complexity index is 196. The van der Waals surface area contributed by atoms with E-state index in [1.54, 1.807) is 0 Å². The average molecular weight is 215 g/mol. The van der Waals surface area contributed by atoms with Crippen LogP contribution in [0.1, 0.15) is 53.4 Å². The molecule has 0 fully saturated rings. The number of aliphatic hydroxyl groups excluding tert-OH is 1. The molecule has 3 heteroatoms. The van der Waals surface area contributed by atoms with E-state index in [1.807, 2.05) is 20.8 Å². The van der Waals surface area contributed by atoms with Gasteiger partial charge in [-0.25, -0.2) is 0 Å². The third-order valence-corrected chi connectivity index (χ3v) is 2.75. The molecule has 0 aliphatic carbocycles. The van der Waals surface area contributed by atoms with Crippen LogP contribution in [0.15, 0.2) is 0 Å². The molecule has 0 aromatic rings. The van der Waals surface area contributed by atoms with Gasteiger partial charge in [-0.2, -0.15) is 0 Å². The molecule has 1 unspecified atom stereocenters. The third-order valence-electron chi connectivity index (χ3n) is 2.75. The second-order valence-electron chi connectivity index (χ2n) is 5.58. The van der Waals surface area contributed by atoms with Crippen LogP contribution in [0, 0.1) is 11.3 Å². The quantitative estimate of drug-likeness (QED) is 0.712. The highest BCUT2D eigenvalue weighted by Crippen LogP contribution is 2.26. The molecule has 0 saturated heterocycles. The lowest BCUT2D eigenvalue weighted by atomic mass is 9.83. The summed E-state index contributed by atoms with van der Waals surface area (Å²) in [6.07, 6.45) is 2.75. The van der Waals surface area contributed by atoms with Crippen LogP contribution in [0.4, 0.5) is 0 Å². The lowest BCUT2D eigenvalue weighted by molar-refractivity contribution is -0.118. The van der Waals surface area contributed by atoms with E-state index in [9.17, 15) is 9.90 Å². The lowest BCUT2D eigenvalue weighted by Crippen LogP contribution is -2.27. The number of hydrogen-bond donors (Lipinski definition) is 2. The summed E-state index contributed by atoms with van der Waals surface area (Å²) < 4.78 is 0. The number of primary amides is 1. The third kappa shape index (κ3) is 7.37. The van der Waals surface area contributed by atoms with E-state index in [-0.39, 0.29) is 17.4 Å². The van der Waals surface area contributed by atoms with E-state index in [0.717, 1.165) is 19.3 Å². The van der Waals surface area contributed by atoms with Gasteiger partial charge in [0.15, 0.2) is 0 Å². The van der Waals surface area contributed by atoms with Gasteiger partial charge in [0.25, 0.3) is 0 Å². The standard InChI is InChI=1S/C12H25NO2/c1-9(6-5-7-11(13)15)8-10(14)12(2,3)4/h9-10,14H,5-8H2,1-4H3,(H2,13,15)/t9-,10?/m0/s1. The molecule has 0 heterocycles. The number of aliphatic hydroxyl groups is 1. The maximum absolute atomic E-state index is 10.5. The number of carbonyl (C=O) groups excluding carboxylic acids is 1. The first-order valence-corrected chi connectivity index (χ1v) is 5.70. The van der Waals surface area contributed by atoms with E-state index in [1.165, 1.54) is 0 Å². The molecule has 2 atom stereocenters. The van der Waals surface area contributed by atoms with Crippen LogP contribution >= 0.6 is 0 Å². The van der Waals surface area contributed by atoms with Crippen molar-refractivity contribution in [2.24, 2.45) is 17.1 Å². The van der Waals surface area contributed by atoms with Crippen molar-refractivity contribution in [2.45, 2.75) is 59.5 Å². The summed E-state index contributed by atoms with van der Waals surface area (Å²) in [7, 11) is 0. The van der Waals surface area contributed by atoms with Crippen LogP contribution in [0.5, 0.6) is 0 Å². The Kier molecular flexibility index (Phi) is 5.88. The normalized spacial score (nSPS) is 16.1. The zero-order chi connectivity index (χ0) is 12.1. The van der Waals surface area contributed by atoms with Gasteiger partial charge in [-0.05, 0) is 24.2 Å². The number of hydrogen-bond acceptors (Lipinski definition) is 2. The largest absolute Gasteiger partial charge is 0.393 e. The van der Waals surface area contributed by atoms with Crippen molar-refractivity contribution in [2.75, 3.05) is 0 Å². The van der Waals surface area contributed by atoms with E-state index < -0.39 is 0 Å². The molecule has 90 valence electrons. The minimum absolute atomic E-state index is 0.0576. The van der Waals surface area contributed by atoms with Crippen LogP contribution < -0.4 is 5.73 Å². The van der Waals surface area contributed by atoms with Gasteiger partial charge in [0, 0.05) is 6.42 Å². The first-order chi connectivity index (χ1) is 6.73. The zero-order valence-electron chi connectivity index (χ0n) is 10.4. The van der Waals surface area contributed by atoms with Crippen LogP contribution in [-0.2, 0) is 4.79 Å². The highest BCUT2D eigenvalue weighted by Gasteiger charge is 2.23. The Morgan fingerprint density at radius 1 is 1.40 bits per heavy atom. The van der Waals surface area contributed by atoms with Crippen molar-refractivity contribution >= 4 is 5.91 Å². The van der Waals surface area contributed by atoms with Crippen LogP contribution in [0.25, 0.3) is 0 Å². The second kappa shape index (κ2) is 6.11. The molecule has 3 nitrogen and oxygen atoms in total. The molecule has 0 bridgehead atoms. The van der Waals surface area contributed by atoms with Gasteiger partial charge < -0.3 is 10.8 Å². The van der Waals surface area contributed by atoms with Crippen LogP contribution in [0.2, 0.25) is 0 Å². The number of carbonyl (C=O) groups is 1. The van der Waals surface area contributed by atoms with Gasteiger partial charge >= 0.3 is 0 Å². The van der Waals surface area contributed by atoms with E-state index in [0.29, 0.717) is 12.3 Å². The van der Waals surface area contributed by atoms with Crippen LogP contribution in [0.3, 0.4) is 0 Å². The van der Waals surface area contributed by atoms with Gasteiger partial charge in [0.05, 0.1) is 6.10 Å². The van der Waals surface area contributed by atoms with Gasteiger partial charge in [0.1, 0.15) is 0 Å². The van der Waals surface area contributed by atoms with Crippen molar-refractivity contribution in [3.05, 3.63) is 0 Å². The van der Waals surface area contributed by atoms with Crippen molar-refractivity contribution in [1.29, 1.82) is 0 Å². The fourth-order valence-corrected chi connectivity index (χ4v) is 1.48. The molecule has 0 aromatic carbocycles. The van der Waals surface area contributed by atoms with E-state index in [4.69, 9.17) is 5.73 Å². The number of amides is 1. The van der Waals surface area contributed by atoms with Crippen molar-refractivity contribution < 1.29 is 9.90 Å². The van der Waals surface area contributed by atoms with Gasteiger partial charge in [-0.1, -0.05) is 34.1 Å². The fourth-order valence-electron chi connectivity index (χ4n) is 1.48. The maximum atomic E-state index is 10.5. The van der Waals surface area contributed by atoms with E-state index in [2.05, 4.69) is 6.92 Å². The summed E-state index contributed by atoms with van der Waals surface area (Å²) in [5.74, 6) is 0.206. The maximum Gasteiger partial charge on any atom is 0.217 e. The summed E-state index contributed by atoms with van der Waals surface area (Å²) in [6, 6.07) is 0. The molecular weight excluding hydrogens is 190 g/mol. The summed E-state index contributed by atoms with van der Waals surface area (Å²) in [5, 5.41) is 9.87. The first kappa shape index (κ1) is 14.4. The zero-order valence-corrected chi connectivity index (χ0v) is 10.4. The Hall–Kier alpha value is -0.570. The Labute approximate surface area is 93.0 Å². The highest BCUT2D eigenvalue weighted by atomic mass is 16.3. The topological polar surface area (TPSA) is 63.3 Å². The van der Waals surface area contributed by atoms with Gasteiger partial charge in [-0.15, -0.1) is 0 Å². The molecular formula is C12H25NO2. The second-order valence-corrected chi connectivity index (χ2v) is 5.58. The molecule has 15 heavy (non-hydrogen) atoms. The lowest BCUT2D eigenvalue weighted by Gasteiger charge is -2.28. The van der Waals surface area contributed by atoms with Gasteiger partial charge in [0.2, 0.25) is 5.91 Å². The molecule has 0 radical (unpaired) electrons. The predicted octanol–water partition coefficient (Wildman–Crippen LogP) is 2.08. The molecule has 0 saturated carbocycles. The molecule has 0 spiro atoms. The predicted molar refractivity (Wildman–Crippen MR) is 62.3 cm³/mol. The van der Waals surface area contributed by atoms with Crippen LogP contribution in [-0.4, -0.2) is 17.1 Å². The molecule has 0 rings (SSSR count). The Morgan fingerprint density at radius 2 is 1.93 bits per heavy atom.